The van der Waals surface area contributed by atoms with E-state index < -0.39 is 35.2 Å². The van der Waals surface area contributed by atoms with Crippen LogP contribution in [0.15, 0.2) is 24.3 Å². The zero-order valence-electron chi connectivity index (χ0n) is 15.2. The lowest BCUT2D eigenvalue weighted by molar-refractivity contribution is -0.734. The van der Waals surface area contributed by atoms with E-state index >= 15 is 0 Å². The number of imide groups is 1. The Balaban J connectivity index is 2.13. The highest BCUT2D eigenvalue weighted by Gasteiger charge is 2.71. The molecule has 0 radical (unpaired) electrons. The largest absolute Gasteiger partial charge is 0.461 e. The molecule has 2 heterocycles. The number of esters is 1. The second kappa shape index (κ2) is 6.79. The molecule has 3 rings (SSSR count). The Morgan fingerprint density at radius 2 is 2.00 bits per heavy atom. The van der Waals surface area contributed by atoms with Crippen LogP contribution in [0, 0.1) is 17.7 Å². The lowest BCUT2D eigenvalue weighted by Crippen LogP contribution is -2.98. The van der Waals surface area contributed by atoms with Crippen LogP contribution in [0.3, 0.4) is 0 Å². The van der Waals surface area contributed by atoms with Crippen LogP contribution in [0.2, 0.25) is 0 Å². The summed E-state index contributed by atoms with van der Waals surface area (Å²) in [6.07, 6.45) is 0.343. The number of hydrogen-bond acceptors (Lipinski definition) is 4. The molecule has 140 valence electrons. The van der Waals surface area contributed by atoms with Gasteiger partial charge in [0.05, 0.1) is 6.61 Å². The van der Waals surface area contributed by atoms with Crippen LogP contribution in [0.25, 0.3) is 0 Å². The van der Waals surface area contributed by atoms with Crippen molar-refractivity contribution in [2.24, 2.45) is 11.8 Å². The number of rotatable bonds is 5. The van der Waals surface area contributed by atoms with Gasteiger partial charge in [-0.15, -0.1) is 0 Å². The van der Waals surface area contributed by atoms with Gasteiger partial charge in [-0.2, -0.15) is 0 Å². The summed E-state index contributed by atoms with van der Waals surface area (Å²) in [4.78, 5) is 39.9. The van der Waals surface area contributed by atoms with Crippen LogP contribution in [-0.2, 0) is 19.1 Å². The molecule has 2 amide bonds. The molecule has 1 aromatic rings. The van der Waals surface area contributed by atoms with E-state index in [9.17, 15) is 18.8 Å². The van der Waals surface area contributed by atoms with Gasteiger partial charge in [0.1, 0.15) is 23.7 Å². The van der Waals surface area contributed by atoms with E-state index in [1.54, 1.807) is 31.3 Å². The average molecular weight is 363 g/mol. The van der Waals surface area contributed by atoms with E-state index in [2.05, 4.69) is 0 Å². The van der Waals surface area contributed by atoms with Crippen molar-refractivity contribution in [2.75, 3.05) is 13.2 Å². The van der Waals surface area contributed by atoms with Gasteiger partial charge in [-0.05, 0) is 26.0 Å². The summed E-state index contributed by atoms with van der Waals surface area (Å²) in [5, 5.41) is 1.75. The summed E-state index contributed by atoms with van der Waals surface area (Å²) >= 11 is 0. The molecular formula is C19H24FN2O4+. The van der Waals surface area contributed by atoms with Crippen LogP contribution >= 0.6 is 0 Å². The molecule has 0 unspecified atom stereocenters. The van der Waals surface area contributed by atoms with Gasteiger partial charge in [-0.1, -0.05) is 19.1 Å². The van der Waals surface area contributed by atoms with Crippen molar-refractivity contribution in [2.45, 2.75) is 38.8 Å². The van der Waals surface area contributed by atoms with Crippen LogP contribution in [-0.4, -0.2) is 41.4 Å². The molecule has 26 heavy (non-hydrogen) atoms. The zero-order chi connectivity index (χ0) is 19.1. The second-order valence-electron chi connectivity index (χ2n) is 6.79. The number of likely N-dealkylation sites (tertiary alicyclic amines) is 1. The van der Waals surface area contributed by atoms with E-state index in [0.29, 0.717) is 12.0 Å². The van der Waals surface area contributed by atoms with Crippen molar-refractivity contribution in [1.29, 1.82) is 0 Å². The Bertz CT molecular complexity index is 753. The van der Waals surface area contributed by atoms with Gasteiger partial charge in [0.25, 0.3) is 0 Å². The number of ether oxygens (including phenoxy) is 1. The molecule has 2 N–H and O–H groups in total. The number of nitrogens with two attached hydrogens (primary N) is 1. The topological polar surface area (TPSA) is 80.3 Å². The number of quaternary nitrogens is 1. The summed E-state index contributed by atoms with van der Waals surface area (Å²) in [7, 11) is 0. The summed E-state index contributed by atoms with van der Waals surface area (Å²) in [6, 6.07) is 5.48. The van der Waals surface area contributed by atoms with Gasteiger partial charge in [-0.3, -0.25) is 14.5 Å². The molecule has 7 heteroatoms. The van der Waals surface area contributed by atoms with Gasteiger partial charge in [-0.25, -0.2) is 9.18 Å². The Morgan fingerprint density at radius 1 is 1.27 bits per heavy atom. The van der Waals surface area contributed by atoms with E-state index in [-0.39, 0.29) is 25.0 Å². The van der Waals surface area contributed by atoms with Crippen LogP contribution in [0.5, 0.6) is 0 Å². The monoisotopic (exact) mass is 363 g/mol. The fraction of sp³-hybridized carbons (Fsp3) is 0.526. The van der Waals surface area contributed by atoms with Gasteiger partial charge in [0.15, 0.2) is 0 Å². The molecular weight excluding hydrogens is 339 g/mol. The second-order valence-corrected chi connectivity index (χ2v) is 6.79. The molecule has 2 aliphatic heterocycles. The predicted molar refractivity (Wildman–Crippen MR) is 90.1 cm³/mol. The number of fused-ring (bicyclic) bond motifs is 1. The maximum Gasteiger partial charge on any atom is 0.368 e. The molecule has 0 spiro atoms. The Kier molecular flexibility index (Phi) is 4.84. The first-order valence-corrected chi connectivity index (χ1v) is 9.05. The Hall–Kier alpha value is -2.28. The summed E-state index contributed by atoms with van der Waals surface area (Å²) in [6.45, 7) is 5.69. The molecule has 0 bridgehead atoms. The van der Waals surface area contributed by atoms with Crippen molar-refractivity contribution in [3.63, 3.8) is 0 Å². The molecule has 2 saturated heterocycles. The third kappa shape index (κ3) is 2.53. The van der Waals surface area contributed by atoms with Crippen molar-refractivity contribution in [3.8, 4) is 0 Å². The summed E-state index contributed by atoms with van der Waals surface area (Å²) in [5.41, 5.74) is -0.576. The van der Waals surface area contributed by atoms with Crippen LogP contribution in [0.1, 0.15) is 38.8 Å². The smallest absolute Gasteiger partial charge is 0.368 e. The normalized spacial score (nSPS) is 30.6. The number of halogens is 1. The fourth-order valence-corrected chi connectivity index (χ4v) is 4.45. The van der Waals surface area contributed by atoms with Crippen molar-refractivity contribution >= 4 is 17.8 Å². The maximum atomic E-state index is 13.8. The number of benzene rings is 1. The Morgan fingerprint density at radius 3 is 2.58 bits per heavy atom. The molecule has 1 aromatic carbocycles. The predicted octanol–water partition coefficient (Wildman–Crippen LogP) is 0.777. The van der Waals surface area contributed by atoms with Gasteiger partial charge < -0.3 is 10.1 Å². The molecule has 6 nitrogen and oxygen atoms in total. The van der Waals surface area contributed by atoms with E-state index in [1.807, 2.05) is 6.92 Å². The third-order valence-corrected chi connectivity index (χ3v) is 5.65. The number of amides is 2. The minimum absolute atomic E-state index is 0.191. The van der Waals surface area contributed by atoms with Crippen molar-refractivity contribution in [1.82, 2.24) is 4.90 Å². The minimum atomic E-state index is -1.17. The molecule has 2 fully saturated rings. The number of hydrogen-bond donors (Lipinski definition) is 1. The molecule has 0 saturated carbocycles. The molecule has 0 aliphatic carbocycles. The molecule has 2 aliphatic rings. The SMILES string of the molecule is CCOC(=O)[C@@]1(CC)[NH2+][C@@H](c2cccc(F)c2)[C@H]2C(=O)N(CC)C(=O)[C@@H]21. The van der Waals surface area contributed by atoms with E-state index in [4.69, 9.17) is 4.74 Å². The highest BCUT2D eigenvalue weighted by atomic mass is 19.1. The number of carbonyl (C=O) groups is 3. The third-order valence-electron chi connectivity index (χ3n) is 5.65. The standard InChI is InChI=1S/C19H23FN2O4/c1-4-19(18(25)26-6-3)14-13(16(23)22(5-2)17(14)24)15(21-19)11-8-7-9-12(20)10-11/h7-10,13-15,21H,4-6H2,1-3H3/p+1/t13-,14+,15-,19-/m0/s1. The summed E-state index contributed by atoms with van der Waals surface area (Å²) in [5.74, 6) is -3.04. The van der Waals surface area contributed by atoms with Gasteiger partial charge in [0.2, 0.25) is 17.4 Å². The molecule has 0 aromatic heterocycles. The zero-order valence-corrected chi connectivity index (χ0v) is 15.2. The summed E-state index contributed by atoms with van der Waals surface area (Å²) < 4.78 is 19.0. The van der Waals surface area contributed by atoms with Gasteiger partial charge in [0, 0.05) is 18.5 Å². The van der Waals surface area contributed by atoms with Crippen LogP contribution in [0.4, 0.5) is 4.39 Å². The first kappa shape index (κ1) is 18.5. The highest BCUT2D eigenvalue weighted by molar-refractivity contribution is 6.08. The maximum absolute atomic E-state index is 13.8. The lowest BCUT2D eigenvalue weighted by Gasteiger charge is -2.28. The fourth-order valence-electron chi connectivity index (χ4n) is 4.45. The average Bonchev–Trinajstić information content (AvgIpc) is 3.10. The first-order chi connectivity index (χ1) is 12.4. The highest BCUT2D eigenvalue weighted by Crippen LogP contribution is 2.45. The lowest BCUT2D eigenvalue weighted by atomic mass is 9.78. The molecule has 4 atom stereocenters. The van der Waals surface area contributed by atoms with E-state index in [1.165, 1.54) is 17.0 Å². The number of nitrogens with zero attached hydrogens (tertiary/aromatic N) is 1. The number of carbonyl (C=O) groups excluding carboxylic acids is 3. The minimum Gasteiger partial charge on any atom is -0.461 e. The quantitative estimate of drug-likeness (QED) is 0.619. The van der Waals surface area contributed by atoms with Crippen molar-refractivity contribution in [3.05, 3.63) is 35.6 Å². The van der Waals surface area contributed by atoms with E-state index in [0.717, 1.165) is 0 Å². The Labute approximate surface area is 151 Å². The van der Waals surface area contributed by atoms with Gasteiger partial charge >= 0.3 is 5.97 Å². The first-order valence-electron chi connectivity index (χ1n) is 9.05. The van der Waals surface area contributed by atoms with Crippen LogP contribution < -0.4 is 5.32 Å². The van der Waals surface area contributed by atoms with Crippen molar-refractivity contribution < 1.29 is 28.8 Å².